The number of hydrogen-bond donors (Lipinski definition) is 0. The summed E-state index contributed by atoms with van der Waals surface area (Å²) in [5.41, 5.74) is 0.938. The summed E-state index contributed by atoms with van der Waals surface area (Å²) in [6.45, 7) is 6.08. The van der Waals surface area contributed by atoms with E-state index in [0.29, 0.717) is 23.8 Å². The van der Waals surface area contributed by atoms with Crippen molar-refractivity contribution in [3.63, 3.8) is 0 Å². The van der Waals surface area contributed by atoms with E-state index in [-0.39, 0.29) is 5.97 Å². The second-order valence-electron chi connectivity index (χ2n) is 4.70. The van der Waals surface area contributed by atoms with Crippen molar-refractivity contribution in [1.29, 1.82) is 0 Å². The molecule has 0 bridgehead atoms. The van der Waals surface area contributed by atoms with Gasteiger partial charge >= 0.3 is 5.97 Å². The minimum atomic E-state index is -0.418. The number of nitrogens with zero attached hydrogens (tertiary/aromatic N) is 1. The summed E-state index contributed by atoms with van der Waals surface area (Å²) in [5, 5.41) is 0.525. The third-order valence-electron chi connectivity index (χ3n) is 3.15. The molecular weight excluding hydrogens is 290 g/mol. The molecule has 0 amide bonds. The first-order valence-corrected chi connectivity index (χ1v) is 7.24. The molecule has 21 heavy (non-hydrogen) atoms. The predicted molar refractivity (Wildman–Crippen MR) is 84.7 cm³/mol. The SMILES string of the molecule is C=CN(C)[C@H](Cc1ccc(OC)c(Cl)c1)C(=O)OCCC. The average Bonchev–Trinajstić information content (AvgIpc) is 2.49. The van der Waals surface area contributed by atoms with Crippen molar-refractivity contribution < 1.29 is 14.3 Å². The number of rotatable bonds is 8. The van der Waals surface area contributed by atoms with E-state index in [9.17, 15) is 4.79 Å². The van der Waals surface area contributed by atoms with Crippen LogP contribution in [0.1, 0.15) is 18.9 Å². The Morgan fingerprint density at radius 1 is 1.52 bits per heavy atom. The molecule has 0 N–H and O–H groups in total. The summed E-state index contributed by atoms with van der Waals surface area (Å²) in [7, 11) is 3.37. The van der Waals surface area contributed by atoms with E-state index in [2.05, 4.69) is 6.58 Å². The fourth-order valence-corrected chi connectivity index (χ4v) is 2.16. The molecule has 0 heterocycles. The molecule has 1 rings (SSSR count). The summed E-state index contributed by atoms with van der Waals surface area (Å²) in [6.07, 6.45) is 2.91. The van der Waals surface area contributed by atoms with Crippen LogP contribution in [0.15, 0.2) is 31.0 Å². The minimum absolute atomic E-state index is 0.258. The zero-order valence-electron chi connectivity index (χ0n) is 12.8. The van der Waals surface area contributed by atoms with Crippen molar-refractivity contribution >= 4 is 17.6 Å². The van der Waals surface area contributed by atoms with Crippen LogP contribution < -0.4 is 4.74 Å². The highest BCUT2D eigenvalue weighted by atomic mass is 35.5. The van der Waals surface area contributed by atoms with Gasteiger partial charge in [0.2, 0.25) is 0 Å². The predicted octanol–water partition coefficient (Wildman–Crippen LogP) is 3.29. The zero-order valence-corrected chi connectivity index (χ0v) is 13.5. The first kappa shape index (κ1) is 17.4. The van der Waals surface area contributed by atoms with E-state index in [1.807, 2.05) is 13.0 Å². The monoisotopic (exact) mass is 311 g/mol. The first-order chi connectivity index (χ1) is 10.0. The summed E-state index contributed by atoms with van der Waals surface area (Å²) >= 11 is 6.11. The molecule has 0 saturated carbocycles. The van der Waals surface area contributed by atoms with Crippen LogP contribution in [0.3, 0.4) is 0 Å². The summed E-state index contributed by atoms with van der Waals surface area (Å²) in [6, 6.07) is 5.07. The first-order valence-electron chi connectivity index (χ1n) is 6.87. The average molecular weight is 312 g/mol. The number of ether oxygens (including phenoxy) is 2. The van der Waals surface area contributed by atoms with Gasteiger partial charge in [-0.25, -0.2) is 4.79 Å². The van der Waals surface area contributed by atoms with Gasteiger partial charge in [-0.15, -0.1) is 0 Å². The minimum Gasteiger partial charge on any atom is -0.495 e. The molecule has 0 saturated heterocycles. The van der Waals surface area contributed by atoms with Crippen molar-refractivity contribution in [2.75, 3.05) is 20.8 Å². The Bertz CT molecular complexity index is 490. The van der Waals surface area contributed by atoms with Crippen molar-refractivity contribution in [2.24, 2.45) is 0 Å². The van der Waals surface area contributed by atoms with Crippen LogP contribution in [-0.4, -0.2) is 37.7 Å². The molecule has 4 nitrogen and oxygen atoms in total. The topological polar surface area (TPSA) is 38.8 Å². The van der Waals surface area contributed by atoms with Gasteiger partial charge in [0.25, 0.3) is 0 Å². The van der Waals surface area contributed by atoms with Crippen LogP contribution >= 0.6 is 11.6 Å². The molecule has 0 spiro atoms. The van der Waals surface area contributed by atoms with Crippen LogP contribution in [0.4, 0.5) is 0 Å². The number of likely N-dealkylation sites (N-methyl/N-ethyl adjacent to an activating group) is 1. The lowest BCUT2D eigenvalue weighted by Crippen LogP contribution is -2.38. The fraction of sp³-hybridized carbons (Fsp3) is 0.438. The molecule has 0 aliphatic heterocycles. The molecule has 0 aliphatic rings. The fourth-order valence-electron chi connectivity index (χ4n) is 1.88. The number of methoxy groups -OCH3 is 1. The van der Waals surface area contributed by atoms with E-state index in [1.165, 1.54) is 0 Å². The Morgan fingerprint density at radius 3 is 2.76 bits per heavy atom. The van der Waals surface area contributed by atoms with Gasteiger partial charge in [-0.3, -0.25) is 0 Å². The van der Waals surface area contributed by atoms with E-state index in [0.717, 1.165) is 12.0 Å². The van der Waals surface area contributed by atoms with Crippen molar-refractivity contribution in [3.05, 3.63) is 41.6 Å². The van der Waals surface area contributed by atoms with Crippen LogP contribution in [0.2, 0.25) is 5.02 Å². The van der Waals surface area contributed by atoms with Gasteiger partial charge in [-0.2, -0.15) is 0 Å². The third-order valence-corrected chi connectivity index (χ3v) is 3.44. The van der Waals surface area contributed by atoms with Gasteiger partial charge in [0.1, 0.15) is 11.8 Å². The molecule has 1 aromatic rings. The normalized spacial score (nSPS) is 11.6. The molecule has 1 aromatic carbocycles. The van der Waals surface area contributed by atoms with Crippen molar-refractivity contribution in [3.8, 4) is 5.75 Å². The molecule has 0 radical (unpaired) electrons. The standard InChI is InChI=1S/C16H22ClNO3/c1-5-9-21-16(19)14(18(3)6-2)11-12-7-8-15(20-4)13(17)10-12/h6-8,10,14H,2,5,9,11H2,1,3-4H3/t14-/m1/s1. The van der Waals surface area contributed by atoms with Gasteiger partial charge < -0.3 is 14.4 Å². The molecule has 0 fully saturated rings. The number of carbonyl (C=O) groups is 1. The number of benzene rings is 1. The van der Waals surface area contributed by atoms with Crippen molar-refractivity contribution in [2.45, 2.75) is 25.8 Å². The van der Waals surface area contributed by atoms with Crippen LogP contribution in [0, 0.1) is 0 Å². The van der Waals surface area contributed by atoms with Crippen LogP contribution in [0.5, 0.6) is 5.75 Å². The number of halogens is 1. The van der Waals surface area contributed by atoms with Crippen LogP contribution in [0.25, 0.3) is 0 Å². The number of carbonyl (C=O) groups excluding carboxylic acids is 1. The molecule has 0 aliphatic carbocycles. The molecule has 116 valence electrons. The number of hydrogen-bond acceptors (Lipinski definition) is 4. The Labute approximate surface area is 131 Å². The molecular formula is C16H22ClNO3. The molecule has 0 unspecified atom stereocenters. The van der Waals surface area contributed by atoms with Gasteiger partial charge in [0, 0.05) is 13.5 Å². The van der Waals surface area contributed by atoms with Gasteiger partial charge in [0.05, 0.1) is 18.7 Å². The quantitative estimate of drug-likeness (QED) is 0.691. The van der Waals surface area contributed by atoms with Gasteiger partial charge in [-0.05, 0) is 30.3 Å². The van der Waals surface area contributed by atoms with E-state index >= 15 is 0 Å². The lowest BCUT2D eigenvalue weighted by molar-refractivity contribution is -0.148. The van der Waals surface area contributed by atoms with Gasteiger partial charge in [-0.1, -0.05) is 31.2 Å². The Balaban J connectivity index is 2.88. The smallest absolute Gasteiger partial charge is 0.329 e. The van der Waals surface area contributed by atoms with Gasteiger partial charge in [0.15, 0.2) is 0 Å². The number of esters is 1. The maximum absolute atomic E-state index is 12.1. The highest BCUT2D eigenvalue weighted by Crippen LogP contribution is 2.26. The molecule has 0 aromatic heterocycles. The molecule has 5 heteroatoms. The Kier molecular flexibility index (Phi) is 7.09. The second kappa shape index (κ2) is 8.57. The third kappa shape index (κ3) is 4.97. The summed E-state index contributed by atoms with van der Waals surface area (Å²) < 4.78 is 10.4. The largest absolute Gasteiger partial charge is 0.495 e. The maximum Gasteiger partial charge on any atom is 0.329 e. The van der Waals surface area contributed by atoms with Crippen molar-refractivity contribution in [1.82, 2.24) is 4.90 Å². The van der Waals surface area contributed by atoms with E-state index in [1.54, 1.807) is 37.4 Å². The Hall–Kier alpha value is -1.68. The zero-order chi connectivity index (χ0) is 15.8. The second-order valence-corrected chi connectivity index (χ2v) is 5.11. The maximum atomic E-state index is 12.1. The summed E-state index contributed by atoms with van der Waals surface area (Å²) in [4.78, 5) is 13.9. The van der Waals surface area contributed by atoms with Crippen LogP contribution in [-0.2, 0) is 16.0 Å². The lowest BCUT2D eigenvalue weighted by Gasteiger charge is -2.25. The van der Waals surface area contributed by atoms with E-state index < -0.39 is 6.04 Å². The lowest BCUT2D eigenvalue weighted by atomic mass is 10.0. The summed E-state index contributed by atoms with van der Waals surface area (Å²) in [5.74, 6) is 0.355. The highest BCUT2D eigenvalue weighted by Gasteiger charge is 2.23. The van der Waals surface area contributed by atoms with E-state index in [4.69, 9.17) is 21.1 Å². The Morgan fingerprint density at radius 2 is 2.24 bits per heavy atom. The highest BCUT2D eigenvalue weighted by molar-refractivity contribution is 6.32. The molecule has 1 atom stereocenters.